The Bertz CT molecular complexity index is 1670. The average Bonchev–Trinajstić information content (AvgIpc) is 3.71. The Labute approximate surface area is 315 Å². The molecule has 2 bridgehead atoms. The number of rotatable bonds is 16. The van der Waals surface area contributed by atoms with E-state index in [2.05, 4.69) is 34.4 Å². The van der Waals surface area contributed by atoms with Gasteiger partial charge in [-0.05, 0) is 68.7 Å². The normalized spacial score (nSPS) is 26.4. The average molecular weight is 779 g/mol. The van der Waals surface area contributed by atoms with Crippen molar-refractivity contribution < 1.29 is 33.8 Å². The molecule has 3 aliphatic rings. The Hall–Kier alpha value is -3.80. The first-order valence-electron chi connectivity index (χ1n) is 18.2. The number of fused-ring (bicyclic) bond motifs is 1. The molecule has 52 heavy (non-hydrogen) atoms. The van der Waals surface area contributed by atoms with Crippen molar-refractivity contribution in [3.63, 3.8) is 0 Å². The number of amides is 3. The largest absolute Gasteiger partial charge is 0.455 e. The van der Waals surface area contributed by atoms with Crippen LogP contribution >= 0.6 is 15.9 Å². The molecule has 2 N–H and O–H groups in total. The molecule has 2 aromatic carbocycles. The molecule has 5 rings (SSSR count). The van der Waals surface area contributed by atoms with Gasteiger partial charge in [0.2, 0.25) is 11.8 Å². The summed E-state index contributed by atoms with van der Waals surface area (Å²) in [5.41, 5.74) is 1.84. The fraction of sp³-hybridized carbons (Fsp3) is 0.512. The molecule has 0 saturated carbocycles. The van der Waals surface area contributed by atoms with E-state index in [1.165, 1.54) is 4.90 Å². The number of likely N-dealkylation sites (tertiary alicyclic amines) is 1. The first kappa shape index (κ1) is 39.4. The van der Waals surface area contributed by atoms with E-state index in [1.54, 1.807) is 24.0 Å². The van der Waals surface area contributed by atoms with Gasteiger partial charge in [0.1, 0.15) is 17.7 Å². The van der Waals surface area contributed by atoms with Gasteiger partial charge < -0.3 is 29.7 Å². The van der Waals surface area contributed by atoms with Crippen LogP contribution in [0.2, 0.25) is 0 Å². The van der Waals surface area contributed by atoms with Crippen LogP contribution in [0.1, 0.15) is 69.2 Å². The van der Waals surface area contributed by atoms with Crippen LogP contribution in [0.5, 0.6) is 0 Å². The van der Waals surface area contributed by atoms with Gasteiger partial charge in [0, 0.05) is 23.5 Å². The molecule has 2 aromatic rings. The van der Waals surface area contributed by atoms with Crippen molar-refractivity contribution >= 4 is 45.3 Å². The third-order valence-corrected chi connectivity index (χ3v) is 11.4. The van der Waals surface area contributed by atoms with Crippen LogP contribution in [-0.4, -0.2) is 81.5 Å². The zero-order valence-corrected chi connectivity index (χ0v) is 32.4. The van der Waals surface area contributed by atoms with Crippen LogP contribution in [-0.2, 0) is 28.7 Å². The molecular weight excluding hydrogens is 726 g/mol. The van der Waals surface area contributed by atoms with Gasteiger partial charge in [-0.1, -0.05) is 84.4 Å². The van der Waals surface area contributed by atoms with Crippen LogP contribution in [0.3, 0.4) is 0 Å². The second-order valence-corrected chi connectivity index (χ2v) is 16.0. The van der Waals surface area contributed by atoms with Crippen LogP contribution < -0.4 is 10.2 Å². The summed E-state index contributed by atoms with van der Waals surface area (Å²) < 4.78 is 13.1. The molecule has 10 nitrogen and oxygen atoms in total. The first-order valence-corrected chi connectivity index (χ1v) is 19.1. The van der Waals surface area contributed by atoms with Crippen molar-refractivity contribution in [3.05, 3.63) is 90.5 Å². The number of hydrogen-bond acceptors (Lipinski definition) is 7. The molecule has 3 heterocycles. The third-order valence-electron chi connectivity index (χ3n) is 10.6. The van der Waals surface area contributed by atoms with Crippen molar-refractivity contribution in [2.24, 2.45) is 17.8 Å². The summed E-state index contributed by atoms with van der Waals surface area (Å²) >= 11 is 3.76. The Balaban J connectivity index is 1.57. The molecule has 1 spiro atoms. The molecule has 280 valence electrons. The predicted octanol–water partition coefficient (Wildman–Crippen LogP) is 5.73. The summed E-state index contributed by atoms with van der Waals surface area (Å²) in [6.07, 6.45) is 3.19. The fourth-order valence-electron chi connectivity index (χ4n) is 8.36. The van der Waals surface area contributed by atoms with E-state index in [0.29, 0.717) is 30.5 Å². The highest BCUT2D eigenvalue weighted by Crippen LogP contribution is 2.61. The van der Waals surface area contributed by atoms with Crippen molar-refractivity contribution in [2.45, 2.75) is 101 Å². The van der Waals surface area contributed by atoms with E-state index in [0.717, 1.165) is 11.1 Å². The van der Waals surface area contributed by atoms with Crippen molar-refractivity contribution in [3.8, 4) is 0 Å². The molecule has 9 atom stereocenters. The number of anilines is 1. The topological polar surface area (TPSA) is 125 Å². The minimum absolute atomic E-state index is 0.0960. The second-order valence-electron chi connectivity index (χ2n) is 14.9. The van der Waals surface area contributed by atoms with E-state index in [-0.39, 0.29) is 42.1 Å². The molecule has 3 aliphatic heterocycles. The smallest absolute Gasteiger partial charge is 0.313 e. The van der Waals surface area contributed by atoms with Gasteiger partial charge in [-0.2, -0.15) is 0 Å². The summed E-state index contributed by atoms with van der Waals surface area (Å²) in [7, 11) is 0. The second kappa shape index (κ2) is 16.5. The maximum Gasteiger partial charge on any atom is 0.313 e. The number of carbonyl (C=O) groups is 4. The van der Waals surface area contributed by atoms with Crippen molar-refractivity contribution in [1.29, 1.82) is 0 Å². The molecule has 0 aliphatic carbocycles. The van der Waals surface area contributed by atoms with E-state index in [1.807, 2.05) is 76.2 Å². The number of hydrogen-bond donors (Lipinski definition) is 2. The Morgan fingerprint density at radius 3 is 2.48 bits per heavy atom. The molecule has 1 unspecified atom stereocenters. The predicted molar refractivity (Wildman–Crippen MR) is 204 cm³/mol. The standard InChI is InChI=1S/C41H52BrN3O7/c1-8-10-16-32(47)43-27(7)35(28-14-12-11-13-15-28)51-40(50)33-34-38(48)45(29(23-46)20-24(3)4)37(41(34)22-30(42)36(33)52-41)39(49)44(19-9-2)31-21-25(5)17-18-26(31)6/h8-9,11-15,17-18,21,24,27,29-30,33-37,46H,1-2,10,16,19-20,22-23H2,3-7H3,(H,43,47)/t27-,29+,30?,33-,34+,35-,36-,37-,41+/m0/s1. The summed E-state index contributed by atoms with van der Waals surface area (Å²) in [6, 6.07) is 12.6. The third kappa shape index (κ3) is 7.50. The number of aliphatic hydroxyl groups excluding tert-OH is 1. The number of halogens is 1. The minimum atomic E-state index is -1.37. The molecule has 3 fully saturated rings. The lowest BCUT2D eigenvalue weighted by atomic mass is 9.70. The molecular formula is C41H52BrN3O7. The Kier molecular flexibility index (Phi) is 12.5. The van der Waals surface area contributed by atoms with Crippen LogP contribution in [0.25, 0.3) is 0 Å². The number of aliphatic hydroxyl groups is 1. The van der Waals surface area contributed by atoms with E-state index >= 15 is 4.79 Å². The van der Waals surface area contributed by atoms with Gasteiger partial charge in [-0.25, -0.2) is 0 Å². The molecule has 3 amide bonds. The van der Waals surface area contributed by atoms with E-state index < -0.39 is 59.6 Å². The molecule has 0 radical (unpaired) electrons. The van der Waals surface area contributed by atoms with Crippen molar-refractivity contribution in [1.82, 2.24) is 10.2 Å². The van der Waals surface area contributed by atoms with Gasteiger partial charge >= 0.3 is 5.97 Å². The maximum absolute atomic E-state index is 15.1. The van der Waals surface area contributed by atoms with Gasteiger partial charge in [-0.3, -0.25) is 19.2 Å². The van der Waals surface area contributed by atoms with Crippen molar-refractivity contribution in [2.75, 3.05) is 18.1 Å². The highest BCUT2D eigenvalue weighted by Gasteiger charge is 2.77. The zero-order valence-electron chi connectivity index (χ0n) is 30.8. The molecule has 3 saturated heterocycles. The van der Waals surface area contributed by atoms with Gasteiger partial charge in [-0.15, -0.1) is 13.2 Å². The number of benzene rings is 2. The Morgan fingerprint density at radius 1 is 1.13 bits per heavy atom. The van der Waals surface area contributed by atoms with Gasteiger partial charge in [0.25, 0.3) is 5.91 Å². The fourth-order valence-corrected chi connectivity index (χ4v) is 9.31. The van der Waals surface area contributed by atoms with E-state index in [4.69, 9.17) is 9.47 Å². The Morgan fingerprint density at radius 2 is 1.85 bits per heavy atom. The quantitative estimate of drug-likeness (QED) is 0.127. The van der Waals surface area contributed by atoms with E-state index in [9.17, 15) is 19.5 Å². The number of ether oxygens (including phenoxy) is 2. The van der Waals surface area contributed by atoms with Crippen LogP contribution in [0, 0.1) is 31.6 Å². The summed E-state index contributed by atoms with van der Waals surface area (Å²) in [5.74, 6) is -3.62. The number of esters is 1. The van der Waals surface area contributed by atoms with Crippen LogP contribution in [0.15, 0.2) is 73.8 Å². The lowest BCUT2D eigenvalue weighted by molar-refractivity contribution is -0.162. The number of alkyl halides is 1. The summed E-state index contributed by atoms with van der Waals surface area (Å²) in [5, 5.41) is 13.7. The monoisotopic (exact) mass is 777 g/mol. The number of carbonyl (C=O) groups excluding carboxylic acids is 4. The summed E-state index contributed by atoms with van der Waals surface area (Å²) in [6.45, 7) is 17.1. The SMILES string of the molecule is C=CCCC(=O)N[C@@H](C)[C@H](OC(=O)[C@@H]1[C@H]2O[C@@]3(CC2Br)[C@H](C(=O)N(CC=C)c2cc(C)ccc2C)N([C@@H](CO)CC(C)C)C(=O)[C@@H]13)c1ccccc1. The van der Waals surface area contributed by atoms with Gasteiger partial charge in [0.15, 0.2) is 0 Å². The summed E-state index contributed by atoms with van der Waals surface area (Å²) in [4.78, 5) is 60.2. The number of allylic oxidation sites excluding steroid dienone is 1. The number of nitrogens with one attached hydrogen (secondary N) is 1. The maximum atomic E-state index is 15.1. The number of aryl methyl sites for hydroxylation is 2. The van der Waals surface area contributed by atoms with Crippen LogP contribution in [0.4, 0.5) is 5.69 Å². The zero-order chi connectivity index (χ0) is 37.9. The lowest BCUT2D eigenvalue weighted by Crippen LogP contribution is -2.59. The molecule has 11 heteroatoms. The highest BCUT2D eigenvalue weighted by atomic mass is 79.9. The lowest BCUT2D eigenvalue weighted by Gasteiger charge is -2.40. The minimum Gasteiger partial charge on any atom is -0.455 e. The number of nitrogens with zero attached hydrogens (tertiary/aromatic N) is 2. The highest BCUT2D eigenvalue weighted by molar-refractivity contribution is 9.09. The van der Waals surface area contributed by atoms with Gasteiger partial charge in [0.05, 0.1) is 36.6 Å². The molecule has 0 aromatic heterocycles. The first-order chi connectivity index (χ1) is 24.8.